The average Bonchev–Trinajstić information content (AvgIpc) is 2.71. The minimum atomic E-state index is -3.74. The van der Waals surface area contributed by atoms with E-state index in [2.05, 4.69) is 15.6 Å². The molecule has 2 amide bonds. The summed E-state index contributed by atoms with van der Waals surface area (Å²) in [6, 6.07) is 9.65. The molecule has 0 radical (unpaired) electrons. The first-order valence-electron chi connectivity index (χ1n) is 10.0. The molecule has 174 valence electrons. The van der Waals surface area contributed by atoms with Crippen LogP contribution in [0.15, 0.2) is 41.3 Å². The number of rotatable bonds is 9. The third kappa shape index (κ3) is 6.96. The van der Waals surface area contributed by atoms with Crippen LogP contribution in [0.25, 0.3) is 0 Å². The van der Waals surface area contributed by atoms with Gasteiger partial charge in [0.25, 0.3) is 5.91 Å². The molecule has 2 aromatic rings. The van der Waals surface area contributed by atoms with Gasteiger partial charge in [0.05, 0.1) is 18.1 Å². The number of ether oxygens (including phenoxy) is 2. The minimum Gasteiger partial charge on any atom is -0.493 e. The number of sulfonamides is 1. The smallest absolute Gasteiger partial charge is 0.269 e. The standard InChI is InChI=1S/C22H29N3O6S/c1-14(2)31-18-8-7-17(13-19(18)30-5)22(27)25-24-21(26)10-11-23-32(28,29)20-9-6-15(3)12-16(20)4/h6-9,12-14,23H,10-11H2,1-5H3,(H,24,26)(H,25,27). The maximum atomic E-state index is 12.4. The van der Waals surface area contributed by atoms with E-state index in [0.717, 1.165) is 5.56 Å². The predicted molar refractivity (Wildman–Crippen MR) is 120 cm³/mol. The summed E-state index contributed by atoms with van der Waals surface area (Å²) in [6.45, 7) is 7.21. The summed E-state index contributed by atoms with van der Waals surface area (Å²) in [4.78, 5) is 24.5. The summed E-state index contributed by atoms with van der Waals surface area (Å²) in [7, 11) is -2.28. The Kier molecular flexibility index (Phi) is 8.62. The van der Waals surface area contributed by atoms with E-state index in [9.17, 15) is 18.0 Å². The van der Waals surface area contributed by atoms with E-state index in [1.165, 1.54) is 19.2 Å². The van der Waals surface area contributed by atoms with Gasteiger partial charge in [-0.1, -0.05) is 17.7 Å². The van der Waals surface area contributed by atoms with Gasteiger partial charge in [-0.3, -0.25) is 20.4 Å². The molecule has 2 aromatic carbocycles. The van der Waals surface area contributed by atoms with Gasteiger partial charge in [0.15, 0.2) is 11.5 Å². The molecule has 0 aliphatic carbocycles. The van der Waals surface area contributed by atoms with E-state index >= 15 is 0 Å². The molecule has 3 N–H and O–H groups in total. The van der Waals surface area contributed by atoms with E-state index in [4.69, 9.17) is 9.47 Å². The average molecular weight is 464 g/mol. The molecule has 0 aliphatic heterocycles. The van der Waals surface area contributed by atoms with Gasteiger partial charge in [-0.05, 0) is 57.5 Å². The molecule has 0 fully saturated rings. The Morgan fingerprint density at radius 3 is 2.34 bits per heavy atom. The molecule has 10 heteroatoms. The molecule has 0 unspecified atom stereocenters. The SMILES string of the molecule is COc1cc(C(=O)NNC(=O)CCNS(=O)(=O)c2ccc(C)cc2C)ccc1OC(C)C. The Bertz CT molecular complexity index is 1080. The highest BCUT2D eigenvalue weighted by atomic mass is 32.2. The van der Waals surface area contributed by atoms with Gasteiger partial charge in [0, 0.05) is 18.5 Å². The number of hydrogen-bond acceptors (Lipinski definition) is 6. The summed E-state index contributed by atoms with van der Waals surface area (Å²) in [5, 5.41) is 0. The first-order chi connectivity index (χ1) is 15.0. The molecule has 0 spiro atoms. The summed E-state index contributed by atoms with van der Waals surface area (Å²) in [5.41, 5.74) is 6.39. The fraction of sp³-hybridized carbons (Fsp3) is 0.364. The molecular formula is C22H29N3O6S. The lowest BCUT2D eigenvalue weighted by Crippen LogP contribution is -2.42. The Morgan fingerprint density at radius 1 is 1.00 bits per heavy atom. The molecule has 9 nitrogen and oxygen atoms in total. The van der Waals surface area contributed by atoms with Crippen LogP contribution in [-0.4, -0.2) is 40.0 Å². The number of methoxy groups -OCH3 is 1. The Balaban J connectivity index is 1.87. The fourth-order valence-corrected chi connectivity index (χ4v) is 4.16. The third-order valence-electron chi connectivity index (χ3n) is 4.37. The predicted octanol–water partition coefficient (Wildman–Crippen LogP) is 2.23. The van der Waals surface area contributed by atoms with E-state index in [1.54, 1.807) is 31.2 Å². The summed E-state index contributed by atoms with van der Waals surface area (Å²) in [6.07, 6.45) is -0.218. The summed E-state index contributed by atoms with van der Waals surface area (Å²) in [5.74, 6) is -0.213. The highest BCUT2D eigenvalue weighted by Crippen LogP contribution is 2.28. The molecule has 0 aromatic heterocycles. The second kappa shape index (κ2) is 11.0. The van der Waals surface area contributed by atoms with Crippen LogP contribution in [0.5, 0.6) is 11.5 Å². The Morgan fingerprint density at radius 2 is 1.72 bits per heavy atom. The molecule has 2 rings (SSSR count). The third-order valence-corrected chi connectivity index (χ3v) is 5.99. The summed E-state index contributed by atoms with van der Waals surface area (Å²) < 4.78 is 38.1. The van der Waals surface area contributed by atoms with Crippen LogP contribution >= 0.6 is 0 Å². The van der Waals surface area contributed by atoms with Gasteiger partial charge in [-0.25, -0.2) is 13.1 Å². The van der Waals surface area contributed by atoms with Crippen LogP contribution in [0.3, 0.4) is 0 Å². The van der Waals surface area contributed by atoms with Crippen molar-refractivity contribution in [3.8, 4) is 11.5 Å². The highest BCUT2D eigenvalue weighted by molar-refractivity contribution is 7.89. The van der Waals surface area contributed by atoms with Crippen LogP contribution in [-0.2, 0) is 14.8 Å². The number of amides is 2. The molecule has 32 heavy (non-hydrogen) atoms. The lowest BCUT2D eigenvalue weighted by Gasteiger charge is -2.14. The number of aryl methyl sites for hydroxylation is 2. The quantitative estimate of drug-likeness (QED) is 0.490. The van der Waals surface area contributed by atoms with Gasteiger partial charge in [-0.15, -0.1) is 0 Å². The molecule has 0 saturated carbocycles. The van der Waals surface area contributed by atoms with Crippen LogP contribution in [0, 0.1) is 13.8 Å². The fourth-order valence-electron chi connectivity index (χ4n) is 2.90. The van der Waals surface area contributed by atoms with Gasteiger partial charge in [0.2, 0.25) is 15.9 Å². The first-order valence-corrected chi connectivity index (χ1v) is 11.5. The largest absolute Gasteiger partial charge is 0.493 e. The number of benzene rings is 2. The zero-order valence-electron chi connectivity index (χ0n) is 18.8. The number of hydrazine groups is 1. The molecule has 0 saturated heterocycles. The van der Waals surface area contributed by atoms with E-state index in [0.29, 0.717) is 17.1 Å². The lowest BCUT2D eigenvalue weighted by atomic mass is 10.2. The topological polar surface area (TPSA) is 123 Å². The molecular weight excluding hydrogens is 434 g/mol. The van der Waals surface area contributed by atoms with Crippen molar-refractivity contribution < 1.29 is 27.5 Å². The molecule has 0 heterocycles. The van der Waals surface area contributed by atoms with Crippen molar-refractivity contribution in [2.24, 2.45) is 0 Å². The monoisotopic (exact) mass is 463 g/mol. The number of hydrogen-bond donors (Lipinski definition) is 3. The zero-order chi connectivity index (χ0) is 23.9. The lowest BCUT2D eigenvalue weighted by molar-refractivity contribution is -0.121. The van der Waals surface area contributed by atoms with Crippen LogP contribution in [0.4, 0.5) is 0 Å². The highest BCUT2D eigenvalue weighted by Gasteiger charge is 2.17. The maximum Gasteiger partial charge on any atom is 0.269 e. The van der Waals surface area contributed by atoms with Crippen molar-refractivity contribution in [2.75, 3.05) is 13.7 Å². The van der Waals surface area contributed by atoms with E-state index in [-0.39, 0.29) is 29.5 Å². The molecule has 0 aliphatic rings. The van der Waals surface area contributed by atoms with Gasteiger partial charge >= 0.3 is 0 Å². The number of nitrogens with one attached hydrogen (secondary N) is 3. The second-order valence-electron chi connectivity index (χ2n) is 7.45. The van der Waals surface area contributed by atoms with Crippen molar-refractivity contribution >= 4 is 21.8 Å². The van der Waals surface area contributed by atoms with E-state index in [1.807, 2.05) is 20.8 Å². The van der Waals surface area contributed by atoms with Crippen molar-refractivity contribution in [3.05, 3.63) is 53.1 Å². The maximum absolute atomic E-state index is 12.4. The first kappa shape index (κ1) is 25.2. The van der Waals surface area contributed by atoms with Gasteiger partial charge < -0.3 is 9.47 Å². The van der Waals surface area contributed by atoms with Crippen molar-refractivity contribution in [1.29, 1.82) is 0 Å². The molecule has 0 atom stereocenters. The van der Waals surface area contributed by atoms with Crippen LogP contribution < -0.4 is 25.0 Å². The Hall–Kier alpha value is -3.11. The minimum absolute atomic E-state index is 0.0600. The summed E-state index contributed by atoms with van der Waals surface area (Å²) >= 11 is 0. The van der Waals surface area contributed by atoms with Crippen molar-refractivity contribution in [3.63, 3.8) is 0 Å². The van der Waals surface area contributed by atoms with Crippen LogP contribution in [0.1, 0.15) is 41.8 Å². The molecule has 0 bridgehead atoms. The number of carbonyl (C=O) groups excluding carboxylic acids is 2. The normalized spacial score (nSPS) is 11.2. The van der Waals surface area contributed by atoms with Crippen molar-refractivity contribution in [2.45, 2.75) is 45.1 Å². The van der Waals surface area contributed by atoms with Gasteiger partial charge in [-0.2, -0.15) is 0 Å². The second-order valence-corrected chi connectivity index (χ2v) is 9.19. The van der Waals surface area contributed by atoms with Gasteiger partial charge in [0.1, 0.15) is 0 Å². The van der Waals surface area contributed by atoms with Crippen LogP contribution in [0.2, 0.25) is 0 Å². The number of carbonyl (C=O) groups is 2. The Labute approximate surface area is 188 Å². The van der Waals surface area contributed by atoms with Crippen molar-refractivity contribution in [1.82, 2.24) is 15.6 Å². The zero-order valence-corrected chi connectivity index (χ0v) is 19.6. The van der Waals surface area contributed by atoms with E-state index < -0.39 is 21.8 Å².